The van der Waals surface area contributed by atoms with Crippen LogP contribution in [0.4, 0.5) is 4.79 Å². The summed E-state index contributed by atoms with van der Waals surface area (Å²) in [6, 6.07) is 16.9. The second-order valence-electron chi connectivity index (χ2n) is 8.34. The van der Waals surface area contributed by atoms with Crippen molar-refractivity contribution in [1.29, 1.82) is 0 Å². The Morgan fingerprint density at radius 1 is 1.00 bits per heavy atom. The van der Waals surface area contributed by atoms with Gasteiger partial charge in [-0.25, -0.2) is 4.79 Å². The van der Waals surface area contributed by atoms with Gasteiger partial charge in [0.15, 0.2) is 0 Å². The van der Waals surface area contributed by atoms with Crippen molar-refractivity contribution in [2.75, 3.05) is 13.6 Å². The predicted molar refractivity (Wildman–Crippen MR) is 116 cm³/mol. The average molecular weight is 414 g/mol. The molecule has 30 heavy (non-hydrogen) atoms. The maximum atomic E-state index is 12.2. The van der Waals surface area contributed by atoms with E-state index in [-0.39, 0.29) is 12.2 Å². The molecule has 2 atom stereocenters. The van der Waals surface area contributed by atoms with Gasteiger partial charge in [-0.05, 0) is 51.0 Å². The molecule has 0 aromatic heterocycles. The van der Waals surface area contributed by atoms with Crippen molar-refractivity contribution in [3.05, 3.63) is 65.7 Å². The molecule has 0 saturated carbocycles. The number of amides is 1. The first-order valence-corrected chi connectivity index (χ1v) is 10.1. The Labute approximate surface area is 178 Å². The molecule has 1 N–H and O–H groups in total. The van der Waals surface area contributed by atoms with E-state index in [0.717, 1.165) is 11.1 Å². The fourth-order valence-electron chi connectivity index (χ4n) is 2.85. The number of hydrogen-bond donors (Lipinski definition) is 1. The first kappa shape index (κ1) is 23.3. The van der Waals surface area contributed by atoms with Crippen LogP contribution in [0.3, 0.4) is 0 Å². The minimum Gasteiger partial charge on any atom is -0.486 e. The quantitative estimate of drug-likeness (QED) is 0.639. The van der Waals surface area contributed by atoms with Crippen LogP contribution in [0.15, 0.2) is 54.6 Å². The molecule has 0 aliphatic carbocycles. The number of aliphatic carboxylic acids is 1. The summed E-state index contributed by atoms with van der Waals surface area (Å²) < 4.78 is 11.6. The highest BCUT2D eigenvalue weighted by Crippen LogP contribution is 2.27. The lowest BCUT2D eigenvalue weighted by atomic mass is 10.0. The maximum Gasteiger partial charge on any atom is 0.410 e. The molecule has 2 rings (SSSR count). The molecule has 0 fully saturated rings. The zero-order chi connectivity index (χ0) is 22.3. The molecule has 0 saturated heterocycles. The van der Waals surface area contributed by atoms with E-state index in [2.05, 4.69) is 0 Å². The molecule has 1 unspecified atom stereocenters. The number of carbonyl (C=O) groups is 2. The van der Waals surface area contributed by atoms with Crippen LogP contribution in [0.1, 0.15) is 57.3 Å². The third kappa shape index (κ3) is 7.10. The van der Waals surface area contributed by atoms with Gasteiger partial charge in [0, 0.05) is 20.0 Å². The number of nitrogens with zero attached hydrogens (tertiary/aromatic N) is 1. The predicted octanol–water partition coefficient (Wildman–Crippen LogP) is 5.25. The van der Waals surface area contributed by atoms with Crippen molar-refractivity contribution in [3.63, 3.8) is 0 Å². The van der Waals surface area contributed by atoms with Gasteiger partial charge in [-0.1, -0.05) is 42.5 Å². The fourth-order valence-corrected chi connectivity index (χ4v) is 2.85. The van der Waals surface area contributed by atoms with Crippen LogP contribution in [0.25, 0.3) is 0 Å². The third-order valence-electron chi connectivity index (χ3n) is 4.63. The first-order chi connectivity index (χ1) is 14.1. The summed E-state index contributed by atoms with van der Waals surface area (Å²) in [6.45, 7) is 7.62. The van der Waals surface area contributed by atoms with Gasteiger partial charge in [-0.2, -0.15) is 0 Å². The van der Waals surface area contributed by atoms with E-state index in [1.807, 2.05) is 51.1 Å². The Hall–Kier alpha value is -3.02. The minimum atomic E-state index is -0.865. The van der Waals surface area contributed by atoms with Crippen molar-refractivity contribution in [1.82, 2.24) is 4.90 Å². The highest BCUT2D eigenvalue weighted by Gasteiger charge is 2.22. The molecule has 0 bridgehead atoms. The molecule has 0 aliphatic heterocycles. The van der Waals surface area contributed by atoms with Crippen molar-refractivity contribution >= 4 is 12.1 Å². The summed E-state index contributed by atoms with van der Waals surface area (Å²) in [6.07, 6.45) is -0.0623. The second kappa shape index (κ2) is 10.1. The van der Waals surface area contributed by atoms with Gasteiger partial charge in [-0.3, -0.25) is 4.79 Å². The third-order valence-corrected chi connectivity index (χ3v) is 4.63. The van der Waals surface area contributed by atoms with Crippen molar-refractivity contribution in [2.24, 2.45) is 0 Å². The maximum absolute atomic E-state index is 12.2. The van der Waals surface area contributed by atoms with Gasteiger partial charge < -0.3 is 19.5 Å². The van der Waals surface area contributed by atoms with Crippen LogP contribution in [-0.4, -0.2) is 41.3 Å². The molecule has 0 aliphatic rings. The lowest BCUT2D eigenvalue weighted by Crippen LogP contribution is -2.35. The Kier molecular flexibility index (Phi) is 7.86. The van der Waals surface area contributed by atoms with Crippen molar-refractivity contribution in [3.8, 4) is 5.75 Å². The molecule has 0 heterocycles. The van der Waals surface area contributed by atoms with Gasteiger partial charge in [0.25, 0.3) is 0 Å². The smallest absolute Gasteiger partial charge is 0.410 e. The number of ether oxygens (including phenoxy) is 2. The molecule has 1 amide bonds. The zero-order valence-electron chi connectivity index (χ0n) is 18.3. The van der Waals surface area contributed by atoms with Gasteiger partial charge in [0.2, 0.25) is 0 Å². The summed E-state index contributed by atoms with van der Waals surface area (Å²) in [5, 5.41) is 9.16. The van der Waals surface area contributed by atoms with Crippen LogP contribution in [0.2, 0.25) is 0 Å². The van der Waals surface area contributed by atoms with Crippen LogP contribution < -0.4 is 4.74 Å². The number of carboxylic acid groups (broad SMARTS) is 1. The lowest BCUT2D eigenvalue weighted by molar-refractivity contribution is -0.138. The Bertz CT molecular complexity index is 827. The Morgan fingerprint density at radius 2 is 1.60 bits per heavy atom. The number of carboxylic acids is 1. The number of hydrogen-bond acceptors (Lipinski definition) is 4. The SMILES string of the molecule is C[C@H](C(=O)O)c1ccc(OC(CCN(C)C(=O)OC(C)(C)C)c2ccccc2)cc1. The molecular formula is C24H31NO5. The number of rotatable bonds is 8. The molecule has 0 radical (unpaired) electrons. The van der Waals surface area contributed by atoms with Gasteiger partial charge >= 0.3 is 12.1 Å². The lowest BCUT2D eigenvalue weighted by Gasteiger charge is -2.26. The number of benzene rings is 2. The number of carbonyl (C=O) groups excluding carboxylic acids is 1. The summed E-state index contributed by atoms with van der Waals surface area (Å²) in [5.74, 6) is -0.799. The van der Waals surface area contributed by atoms with E-state index in [1.54, 1.807) is 43.1 Å². The topological polar surface area (TPSA) is 76.1 Å². The molecule has 162 valence electrons. The largest absolute Gasteiger partial charge is 0.486 e. The van der Waals surface area contributed by atoms with Crippen LogP contribution in [0.5, 0.6) is 5.75 Å². The van der Waals surface area contributed by atoms with E-state index in [1.165, 1.54) is 0 Å². The molecule has 2 aromatic rings. The first-order valence-electron chi connectivity index (χ1n) is 10.1. The summed E-state index contributed by atoms with van der Waals surface area (Å²) in [5.41, 5.74) is 1.17. The second-order valence-corrected chi connectivity index (χ2v) is 8.34. The molecule has 6 nitrogen and oxygen atoms in total. The fraction of sp³-hybridized carbons (Fsp3) is 0.417. The normalized spacial score (nSPS) is 13.2. The standard InChI is InChI=1S/C24H31NO5/c1-17(22(26)27)18-11-13-20(14-12-18)29-21(19-9-7-6-8-10-19)15-16-25(5)23(28)30-24(2,3)4/h6-14,17,21H,15-16H2,1-5H3,(H,26,27)/t17-,21?/m0/s1. The molecule has 6 heteroatoms. The molecule has 0 spiro atoms. The summed E-state index contributed by atoms with van der Waals surface area (Å²) >= 11 is 0. The van der Waals surface area contributed by atoms with Crippen molar-refractivity contribution < 1.29 is 24.2 Å². The van der Waals surface area contributed by atoms with E-state index >= 15 is 0 Å². The van der Waals surface area contributed by atoms with Gasteiger partial charge in [-0.15, -0.1) is 0 Å². The summed E-state index contributed by atoms with van der Waals surface area (Å²) in [4.78, 5) is 24.9. The van der Waals surface area contributed by atoms with Crippen LogP contribution >= 0.6 is 0 Å². The van der Waals surface area contributed by atoms with E-state index in [9.17, 15) is 9.59 Å². The van der Waals surface area contributed by atoms with E-state index in [4.69, 9.17) is 14.6 Å². The highest BCUT2D eigenvalue weighted by molar-refractivity contribution is 5.75. The van der Waals surface area contributed by atoms with Crippen LogP contribution in [-0.2, 0) is 9.53 Å². The Morgan fingerprint density at radius 3 is 2.13 bits per heavy atom. The minimum absolute atomic E-state index is 0.265. The van der Waals surface area contributed by atoms with Gasteiger partial charge in [0.05, 0.1) is 5.92 Å². The monoisotopic (exact) mass is 413 g/mol. The van der Waals surface area contributed by atoms with E-state index in [0.29, 0.717) is 18.7 Å². The van der Waals surface area contributed by atoms with Crippen LogP contribution in [0, 0.1) is 0 Å². The van der Waals surface area contributed by atoms with E-state index < -0.39 is 17.5 Å². The highest BCUT2D eigenvalue weighted by atomic mass is 16.6. The summed E-state index contributed by atoms with van der Waals surface area (Å²) in [7, 11) is 1.71. The Balaban J connectivity index is 2.09. The zero-order valence-corrected chi connectivity index (χ0v) is 18.3. The van der Waals surface area contributed by atoms with Gasteiger partial charge in [0.1, 0.15) is 17.5 Å². The molecular weight excluding hydrogens is 382 g/mol. The van der Waals surface area contributed by atoms with Crippen molar-refractivity contribution in [2.45, 2.75) is 51.7 Å². The molecule has 2 aromatic carbocycles. The average Bonchev–Trinajstić information content (AvgIpc) is 2.70.